The number of pyridine rings is 1. The average molecular weight is 378 g/mol. The first kappa shape index (κ1) is 12.1. The molecule has 0 fully saturated rings. The van der Waals surface area contributed by atoms with E-state index >= 15 is 0 Å². The van der Waals surface area contributed by atoms with E-state index in [2.05, 4.69) is 42.2 Å². The third-order valence-electron chi connectivity index (χ3n) is 2.36. The Balaban J connectivity index is 0.00000112. The molecule has 0 bridgehead atoms. The Labute approximate surface area is 105 Å². The van der Waals surface area contributed by atoms with Gasteiger partial charge in [-0.1, -0.05) is 30.3 Å². The van der Waals surface area contributed by atoms with Gasteiger partial charge in [0.2, 0.25) is 0 Å². The summed E-state index contributed by atoms with van der Waals surface area (Å²) in [6.07, 6.45) is 2.76. The van der Waals surface area contributed by atoms with E-state index in [1.165, 1.54) is 11.1 Å². The third kappa shape index (κ3) is 3.28. The van der Waals surface area contributed by atoms with Gasteiger partial charge in [-0.2, -0.15) is 0 Å². The Hall–Kier alpha value is -0.942. The predicted molar refractivity (Wildman–Crippen MR) is 58.2 cm³/mol. The number of aromatic nitrogens is 1. The Bertz CT molecular complexity index is 412. The van der Waals surface area contributed by atoms with Crippen LogP contribution in [0, 0.1) is 6.92 Å². The molecule has 0 radical (unpaired) electrons. The third-order valence-corrected chi connectivity index (χ3v) is 2.36. The molecule has 0 saturated heterocycles. The van der Waals surface area contributed by atoms with E-state index in [9.17, 15) is 0 Å². The fourth-order valence-corrected chi connectivity index (χ4v) is 1.51. The second kappa shape index (κ2) is 5.82. The standard InChI is InChI=1S/C13H13N.Pt/c1-11-6-2-3-7-12(11)10-13-8-4-5-9-14-13;/h2-9H,10H2,1H3;. The molecule has 15 heavy (non-hydrogen) atoms. The maximum Gasteiger partial charge on any atom is 0.0447 e. The van der Waals surface area contributed by atoms with Crippen LogP contribution in [0.25, 0.3) is 0 Å². The fraction of sp³-hybridized carbons (Fsp3) is 0.154. The van der Waals surface area contributed by atoms with Crippen LogP contribution >= 0.6 is 0 Å². The minimum absolute atomic E-state index is 0. The average Bonchev–Trinajstić information content (AvgIpc) is 2.23. The van der Waals surface area contributed by atoms with Gasteiger partial charge in [0, 0.05) is 39.4 Å². The van der Waals surface area contributed by atoms with Crippen molar-refractivity contribution in [3.8, 4) is 0 Å². The molecular weight excluding hydrogens is 365 g/mol. The van der Waals surface area contributed by atoms with Crippen LogP contribution in [0.3, 0.4) is 0 Å². The first-order valence-corrected chi connectivity index (χ1v) is 4.80. The van der Waals surface area contributed by atoms with Crippen LogP contribution in [0.5, 0.6) is 0 Å². The molecule has 0 saturated carbocycles. The molecule has 0 amide bonds. The van der Waals surface area contributed by atoms with Crippen LogP contribution in [0.1, 0.15) is 16.8 Å². The summed E-state index contributed by atoms with van der Waals surface area (Å²) < 4.78 is 0. The normalized spacial score (nSPS) is 9.40. The molecule has 0 atom stereocenters. The van der Waals surface area contributed by atoms with Crippen molar-refractivity contribution in [1.82, 2.24) is 4.98 Å². The molecule has 2 aromatic rings. The summed E-state index contributed by atoms with van der Waals surface area (Å²) in [7, 11) is 0. The molecule has 1 nitrogen and oxygen atoms in total. The van der Waals surface area contributed by atoms with Gasteiger partial charge in [-0.15, -0.1) is 0 Å². The van der Waals surface area contributed by atoms with E-state index in [4.69, 9.17) is 0 Å². The fourth-order valence-electron chi connectivity index (χ4n) is 1.51. The van der Waals surface area contributed by atoms with Gasteiger partial charge in [0.25, 0.3) is 0 Å². The number of hydrogen-bond donors (Lipinski definition) is 0. The first-order valence-electron chi connectivity index (χ1n) is 4.80. The van der Waals surface area contributed by atoms with E-state index in [0.29, 0.717) is 0 Å². The van der Waals surface area contributed by atoms with Gasteiger partial charge in [0.1, 0.15) is 0 Å². The number of rotatable bonds is 2. The van der Waals surface area contributed by atoms with Crippen molar-refractivity contribution >= 4 is 0 Å². The molecule has 0 unspecified atom stereocenters. The van der Waals surface area contributed by atoms with Gasteiger partial charge in [-0.3, -0.25) is 4.98 Å². The van der Waals surface area contributed by atoms with E-state index in [1.54, 1.807) is 0 Å². The molecule has 1 aromatic carbocycles. The second-order valence-corrected chi connectivity index (χ2v) is 3.42. The Morgan fingerprint density at radius 3 is 2.40 bits per heavy atom. The van der Waals surface area contributed by atoms with Gasteiger partial charge < -0.3 is 0 Å². The van der Waals surface area contributed by atoms with Crippen molar-refractivity contribution in [3.63, 3.8) is 0 Å². The second-order valence-electron chi connectivity index (χ2n) is 3.42. The van der Waals surface area contributed by atoms with Crippen LogP contribution in [0.15, 0.2) is 48.7 Å². The van der Waals surface area contributed by atoms with E-state index in [-0.39, 0.29) is 21.1 Å². The number of nitrogens with zero attached hydrogens (tertiary/aromatic N) is 1. The number of hydrogen-bond acceptors (Lipinski definition) is 1. The summed E-state index contributed by atoms with van der Waals surface area (Å²) in [6, 6.07) is 14.5. The monoisotopic (exact) mass is 378 g/mol. The zero-order valence-corrected chi connectivity index (χ0v) is 10.9. The Morgan fingerprint density at radius 2 is 1.73 bits per heavy atom. The van der Waals surface area contributed by atoms with Crippen LogP contribution in [0.4, 0.5) is 0 Å². The Morgan fingerprint density at radius 1 is 1.00 bits per heavy atom. The van der Waals surface area contributed by atoms with E-state index in [1.807, 2.05) is 18.3 Å². The number of benzene rings is 1. The van der Waals surface area contributed by atoms with Gasteiger partial charge in [0.15, 0.2) is 0 Å². The van der Waals surface area contributed by atoms with Crippen molar-refractivity contribution < 1.29 is 21.1 Å². The van der Waals surface area contributed by atoms with Crippen molar-refractivity contribution in [2.75, 3.05) is 0 Å². The molecule has 1 aromatic heterocycles. The first-order chi connectivity index (χ1) is 6.86. The summed E-state index contributed by atoms with van der Waals surface area (Å²) in [5.74, 6) is 0. The molecule has 0 aliphatic carbocycles. The van der Waals surface area contributed by atoms with Gasteiger partial charge in [-0.25, -0.2) is 0 Å². The molecule has 0 N–H and O–H groups in total. The summed E-state index contributed by atoms with van der Waals surface area (Å²) in [5, 5.41) is 0. The van der Waals surface area contributed by atoms with Crippen LogP contribution in [-0.2, 0) is 27.5 Å². The largest absolute Gasteiger partial charge is 0.261 e. The maximum absolute atomic E-state index is 4.32. The summed E-state index contributed by atoms with van der Waals surface area (Å²) in [4.78, 5) is 4.32. The molecule has 80 valence electrons. The number of aryl methyl sites for hydroxylation is 1. The summed E-state index contributed by atoms with van der Waals surface area (Å²) in [6.45, 7) is 2.14. The van der Waals surface area contributed by atoms with E-state index < -0.39 is 0 Å². The summed E-state index contributed by atoms with van der Waals surface area (Å²) in [5.41, 5.74) is 3.81. The minimum Gasteiger partial charge on any atom is -0.261 e. The van der Waals surface area contributed by atoms with Crippen LogP contribution < -0.4 is 0 Å². The molecular formula is C13H13NPt. The summed E-state index contributed by atoms with van der Waals surface area (Å²) >= 11 is 0. The smallest absolute Gasteiger partial charge is 0.0447 e. The molecule has 0 aliphatic rings. The quantitative estimate of drug-likeness (QED) is 0.783. The molecule has 2 rings (SSSR count). The van der Waals surface area contributed by atoms with Crippen molar-refractivity contribution in [2.24, 2.45) is 0 Å². The topological polar surface area (TPSA) is 12.9 Å². The van der Waals surface area contributed by atoms with Gasteiger partial charge in [-0.05, 0) is 30.2 Å². The van der Waals surface area contributed by atoms with Crippen LogP contribution in [-0.4, -0.2) is 4.98 Å². The predicted octanol–water partition coefficient (Wildman–Crippen LogP) is 2.98. The molecule has 0 spiro atoms. The van der Waals surface area contributed by atoms with Crippen molar-refractivity contribution in [2.45, 2.75) is 13.3 Å². The van der Waals surface area contributed by atoms with Gasteiger partial charge >= 0.3 is 0 Å². The van der Waals surface area contributed by atoms with Crippen molar-refractivity contribution in [3.05, 3.63) is 65.5 Å². The maximum atomic E-state index is 4.32. The molecule has 1 heterocycles. The zero-order chi connectivity index (χ0) is 9.80. The minimum atomic E-state index is 0. The van der Waals surface area contributed by atoms with Crippen LogP contribution in [0.2, 0.25) is 0 Å². The Kier molecular flexibility index (Phi) is 4.71. The molecule has 0 aliphatic heterocycles. The zero-order valence-electron chi connectivity index (χ0n) is 8.59. The van der Waals surface area contributed by atoms with Gasteiger partial charge in [0.05, 0.1) is 0 Å². The van der Waals surface area contributed by atoms with E-state index in [0.717, 1.165) is 12.1 Å². The molecule has 2 heteroatoms. The SMILES string of the molecule is Cc1ccccc1Cc1ccccn1.[Pt]. The van der Waals surface area contributed by atoms with Crippen molar-refractivity contribution in [1.29, 1.82) is 0 Å².